The van der Waals surface area contributed by atoms with Crippen LogP contribution in [0.1, 0.15) is 24.5 Å². The second-order valence-electron chi connectivity index (χ2n) is 5.40. The molecule has 0 aliphatic carbocycles. The lowest BCUT2D eigenvalue weighted by Crippen LogP contribution is -2.22. The molecular weight excluding hydrogens is 328 g/mol. The summed E-state index contributed by atoms with van der Waals surface area (Å²) in [6.07, 6.45) is 4.91. The van der Waals surface area contributed by atoms with E-state index in [1.54, 1.807) is 16.8 Å². The highest BCUT2D eigenvalue weighted by Gasteiger charge is 2.25. The third kappa shape index (κ3) is 5.01. The van der Waals surface area contributed by atoms with Gasteiger partial charge in [0.2, 0.25) is 0 Å². The summed E-state index contributed by atoms with van der Waals surface area (Å²) in [4.78, 5) is 23.2. The third-order valence-electron chi connectivity index (χ3n) is 3.76. The summed E-state index contributed by atoms with van der Waals surface area (Å²) >= 11 is 2.03. The predicted octanol–water partition coefficient (Wildman–Crippen LogP) is 2.98. The SMILES string of the molecule is CCCN1CCc2ccc3c(c21)CCS3.N.O=C(O)C=CC(=O)O. The molecular formula is C17H24N2O4S. The number of aliphatic carboxylic acids is 2. The molecule has 0 atom stereocenters. The molecule has 1 aromatic carbocycles. The average molecular weight is 352 g/mol. The maximum absolute atomic E-state index is 9.55. The van der Waals surface area contributed by atoms with Crippen molar-refractivity contribution in [2.75, 3.05) is 23.7 Å². The number of hydrogen-bond donors (Lipinski definition) is 3. The summed E-state index contributed by atoms with van der Waals surface area (Å²) in [6.45, 7) is 4.74. The Bertz CT molecular complexity index is 613. The molecule has 2 aliphatic rings. The smallest absolute Gasteiger partial charge is 0.328 e. The van der Waals surface area contributed by atoms with E-state index in [1.807, 2.05) is 11.8 Å². The fourth-order valence-electron chi connectivity index (χ4n) is 2.91. The van der Waals surface area contributed by atoms with Gasteiger partial charge in [-0.2, -0.15) is 0 Å². The van der Waals surface area contributed by atoms with Crippen LogP contribution in [-0.4, -0.2) is 41.0 Å². The Hall–Kier alpha value is -1.99. The van der Waals surface area contributed by atoms with Gasteiger partial charge in [-0.1, -0.05) is 13.0 Å². The van der Waals surface area contributed by atoms with Crippen molar-refractivity contribution in [3.63, 3.8) is 0 Å². The maximum atomic E-state index is 9.55. The summed E-state index contributed by atoms with van der Waals surface area (Å²) in [7, 11) is 0. The Kier molecular flexibility index (Phi) is 7.81. The maximum Gasteiger partial charge on any atom is 0.328 e. The van der Waals surface area contributed by atoms with Crippen LogP contribution in [0, 0.1) is 0 Å². The molecule has 1 aromatic rings. The molecule has 0 saturated carbocycles. The number of thioether (sulfide) groups is 1. The molecule has 2 heterocycles. The van der Waals surface area contributed by atoms with Crippen molar-refractivity contribution in [2.45, 2.75) is 31.1 Å². The monoisotopic (exact) mass is 352 g/mol. The van der Waals surface area contributed by atoms with Gasteiger partial charge in [-0.3, -0.25) is 0 Å². The van der Waals surface area contributed by atoms with E-state index in [9.17, 15) is 9.59 Å². The number of nitrogens with zero attached hydrogens (tertiary/aromatic N) is 1. The van der Waals surface area contributed by atoms with E-state index in [-0.39, 0.29) is 6.15 Å². The van der Waals surface area contributed by atoms with Gasteiger partial charge in [0.15, 0.2) is 0 Å². The highest BCUT2D eigenvalue weighted by atomic mass is 32.2. The van der Waals surface area contributed by atoms with E-state index in [0.29, 0.717) is 12.2 Å². The van der Waals surface area contributed by atoms with E-state index in [0.717, 1.165) is 0 Å². The molecule has 0 radical (unpaired) electrons. The number of hydrogen-bond acceptors (Lipinski definition) is 5. The van der Waals surface area contributed by atoms with Crippen molar-refractivity contribution in [1.82, 2.24) is 6.15 Å². The number of carboxylic acids is 2. The molecule has 132 valence electrons. The van der Waals surface area contributed by atoms with Gasteiger partial charge in [0.05, 0.1) is 0 Å². The van der Waals surface area contributed by atoms with Crippen molar-refractivity contribution in [1.29, 1.82) is 0 Å². The van der Waals surface area contributed by atoms with E-state index in [2.05, 4.69) is 24.0 Å². The fourth-order valence-corrected chi connectivity index (χ4v) is 3.97. The number of carboxylic acid groups (broad SMARTS) is 2. The van der Waals surface area contributed by atoms with E-state index in [4.69, 9.17) is 10.2 Å². The van der Waals surface area contributed by atoms with Crippen molar-refractivity contribution < 1.29 is 19.8 Å². The Morgan fingerprint density at radius 2 is 1.88 bits per heavy atom. The first-order valence-electron chi connectivity index (χ1n) is 7.69. The standard InChI is InChI=1S/C13H17NS.C4H4O4.H3N/c1-2-7-14-8-5-10-3-4-12-11(13(10)14)6-9-15-12;5-3(6)1-2-4(7)8;/h3-4H,2,5-9H2,1H3;1-2H,(H,5,6)(H,7,8);1H3. The third-order valence-corrected chi connectivity index (χ3v) is 4.86. The zero-order chi connectivity index (χ0) is 16.8. The lowest BCUT2D eigenvalue weighted by molar-refractivity contribution is -0.134. The van der Waals surface area contributed by atoms with Gasteiger partial charge in [0.1, 0.15) is 0 Å². The summed E-state index contributed by atoms with van der Waals surface area (Å²) in [5, 5.41) is 15.6. The topological polar surface area (TPSA) is 113 Å². The molecule has 0 saturated heterocycles. The Morgan fingerprint density at radius 1 is 1.21 bits per heavy atom. The summed E-state index contributed by atoms with van der Waals surface area (Å²) in [5.74, 6) is -1.23. The minimum atomic E-state index is -1.26. The van der Waals surface area contributed by atoms with E-state index in [1.165, 1.54) is 43.0 Å². The van der Waals surface area contributed by atoms with Gasteiger partial charge in [-0.25, -0.2) is 9.59 Å². The predicted molar refractivity (Wildman–Crippen MR) is 96.5 cm³/mol. The average Bonchev–Trinajstić information content (AvgIpc) is 3.12. The summed E-state index contributed by atoms with van der Waals surface area (Å²) in [5.41, 5.74) is 4.83. The number of benzene rings is 1. The van der Waals surface area contributed by atoms with Gasteiger partial charge in [-0.15, -0.1) is 11.8 Å². The lowest BCUT2D eigenvalue weighted by Gasteiger charge is -2.21. The van der Waals surface area contributed by atoms with Crippen LogP contribution >= 0.6 is 11.8 Å². The van der Waals surface area contributed by atoms with Crippen LogP contribution in [0.3, 0.4) is 0 Å². The van der Waals surface area contributed by atoms with Crippen molar-refractivity contribution in [2.24, 2.45) is 0 Å². The van der Waals surface area contributed by atoms with Crippen LogP contribution in [0.2, 0.25) is 0 Å². The molecule has 0 amide bonds. The molecule has 0 aromatic heterocycles. The molecule has 0 unspecified atom stereocenters. The molecule has 2 aliphatic heterocycles. The number of carbonyl (C=O) groups is 2. The molecule has 7 heteroatoms. The second kappa shape index (κ2) is 9.34. The second-order valence-corrected chi connectivity index (χ2v) is 6.53. The highest BCUT2D eigenvalue weighted by Crippen LogP contribution is 2.42. The van der Waals surface area contributed by atoms with Gasteiger partial charge in [0, 0.05) is 41.6 Å². The van der Waals surface area contributed by atoms with Crippen LogP contribution in [0.15, 0.2) is 29.2 Å². The fraction of sp³-hybridized carbons (Fsp3) is 0.412. The minimum absolute atomic E-state index is 0. The van der Waals surface area contributed by atoms with Crippen LogP contribution in [0.25, 0.3) is 0 Å². The first kappa shape index (κ1) is 20.1. The molecule has 0 spiro atoms. The van der Waals surface area contributed by atoms with Crippen molar-refractivity contribution in [3.05, 3.63) is 35.4 Å². The zero-order valence-corrected chi connectivity index (χ0v) is 14.6. The molecule has 5 N–H and O–H groups in total. The summed E-state index contributed by atoms with van der Waals surface area (Å²) < 4.78 is 0. The van der Waals surface area contributed by atoms with Gasteiger partial charge >= 0.3 is 11.9 Å². The lowest BCUT2D eigenvalue weighted by atomic mass is 10.1. The van der Waals surface area contributed by atoms with Crippen LogP contribution in [0.5, 0.6) is 0 Å². The summed E-state index contributed by atoms with van der Waals surface area (Å²) in [6, 6.07) is 4.68. The molecule has 24 heavy (non-hydrogen) atoms. The Balaban J connectivity index is 0.000000279. The first-order chi connectivity index (χ1) is 11.0. The normalized spacial score (nSPS) is 14.5. The Labute approximate surface area is 146 Å². The van der Waals surface area contributed by atoms with Crippen LogP contribution in [0.4, 0.5) is 5.69 Å². The van der Waals surface area contributed by atoms with Crippen LogP contribution < -0.4 is 11.1 Å². The zero-order valence-electron chi connectivity index (χ0n) is 13.8. The Morgan fingerprint density at radius 3 is 2.46 bits per heavy atom. The number of anilines is 1. The highest BCUT2D eigenvalue weighted by molar-refractivity contribution is 7.99. The molecule has 0 fully saturated rings. The molecule has 3 rings (SSSR count). The van der Waals surface area contributed by atoms with Crippen molar-refractivity contribution >= 4 is 29.4 Å². The number of rotatable bonds is 4. The van der Waals surface area contributed by atoms with Crippen molar-refractivity contribution in [3.8, 4) is 0 Å². The molecule has 6 nitrogen and oxygen atoms in total. The van der Waals surface area contributed by atoms with Crippen LogP contribution in [-0.2, 0) is 22.4 Å². The van der Waals surface area contributed by atoms with Gasteiger partial charge < -0.3 is 21.3 Å². The number of fused-ring (bicyclic) bond motifs is 3. The van der Waals surface area contributed by atoms with Gasteiger partial charge in [0.25, 0.3) is 0 Å². The first-order valence-corrected chi connectivity index (χ1v) is 8.68. The van der Waals surface area contributed by atoms with Gasteiger partial charge in [-0.05, 0) is 36.5 Å². The minimum Gasteiger partial charge on any atom is -0.478 e. The van der Waals surface area contributed by atoms with E-state index >= 15 is 0 Å². The quantitative estimate of drug-likeness (QED) is 0.714. The largest absolute Gasteiger partial charge is 0.478 e. The van der Waals surface area contributed by atoms with E-state index < -0.39 is 11.9 Å². The molecule has 0 bridgehead atoms.